The number of benzene rings is 2. The van der Waals surface area contributed by atoms with E-state index in [2.05, 4.69) is 15.4 Å². The van der Waals surface area contributed by atoms with E-state index in [1.165, 1.54) is 31.4 Å². The van der Waals surface area contributed by atoms with E-state index in [1.54, 1.807) is 0 Å². The first kappa shape index (κ1) is 18.7. The summed E-state index contributed by atoms with van der Waals surface area (Å²) in [5.74, 6) is -0.780. The molecule has 2 rings (SSSR count). The summed E-state index contributed by atoms with van der Waals surface area (Å²) < 4.78 is 43.2. The summed E-state index contributed by atoms with van der Waals surface area (Å²) in [5, 5.41) is 15.5. The fraction of sp³-hybridized carbons (Fsp3) is 0.188. The average Bonchev–Trinajstić information content (AvgIpc) is 2.55. The molecule has 0 aliphatic rings. The van der Waals surface area contributed by atoms with Gasteiger partial charge in [-0.05, 0) is 36.4 Å². The number of rotatable bonds is 5. The van der Waals surface area contributed by atoms with Gasteiger partial charge < -0.3 is 20.5 Å². The zero-order valence-electron chi connectivity index (χ0n) is 12.9. The number of aromatic hydroxyl groups is 1. The lowest BCUT2D eigenvalue weighted by atomic mass is 10.1. The predicted octanol–water partition coefficient (Wildman–Crippen LogP) is 4.39. The Balaban J connectivity index is 2.37. The molecule has 0 spiro atoms. The van der Waals surface area contributed by atoms with E-state index < -0.39 is 17.7 Å². The molecule has 0 unspecified atom stereocenters. The molecule has 0 fully saturated rings. The van der Waals surface area contributed by atoms with Crippen molar-refractivity contribution in [2.75, 3.05) is 24.3 Å². The van der Waals surface area contributed by atoms with Crippen molar-refractivity contribution >= 4 is 34.6 Å². The van der Waals surface area contributed by atoms with Crippen LogP contribution in [-0.2, 0) is 15.7 Å². The molecule has 134 valence electrons. The van der Waals surface area contributed by atoms with E-state index in [9.17, 15) is 23.1 Å². The lowest BCUT2D eigenvalue weighted by Crippen LogP contribution is -2.16. The van der Waals surface area contributed by atoms with Gasteiger partial charge in [0.05, 0.1) is 29.7 Å². The molecule has 0 amide bonds. The van der Waals surface area contributed by atoms with Crippen LogP contribution in [-0.4, -0.2) is 24.7 Å². The van der Waals surface area contributed by atoms with E-state index in [-0.39, 0.29) is 29.4 Å². The minimum absolute atomic E-state index is 0.0135. The van der Waals surface area contributed by atoms with Gasteiger partial charge in [0.15, 0.2) is 0 Å². The molecule has 2 aromatic carbocycles. The number of phenols is 1. The van der Waals surface area contributed by atoms with Crippen LogP contribution in [0.15, 0.2) is 36.4 Å². The maximum atomic E-state index is 12.9. The predicted molar refractivity (Wildman–Crippen MR) is 88.3 cm³/mol. The average molecular weight is 375 g/mol. The zero-order chi connectivity index (χ0) is 18.6. The summed E-state index contributed by atoms with van der Waals surface area (Å²) in [6.45, 7) is -0.325. The lowest BCUT2D eigenvalue weighted by molar-refractivity contribution is -0.138. The van der Waals surface area contributed by atoms with Crippen LogP contribution in [0.25, 0.3) is 0 Å². The quantitative estimate of drug-likeness (QED) is 0.534. The van der Waals surface area contributed by atoms with E-state index in [0.717, 1.165) is 12.1 Å². The fourth-order valence-corrected chi connectivity index (χ4v) is 2.14. The number of nitrogens with one attached hydrogen (secondary N) is 2. The van der Waals surface area contributed by atoms with Crippen LogP contribution in [0, 0.1) is 0 Å². The Morgan fingerprint density at radius 2 is 1.88 bits per heavy atom. The van der Waals surface area contributed by atoms with Crippen molar-refractivity contribution in [1.82, 2.24) is 0 Å². The van der Waals surface area contributed by atoms with Crippen LogP contribution >= 0.6 is 11.6 Å². The number of carbonyl (C=O) groups is 1. The molecule has 0 saturated carbocycles. The largest absolute Gasteiger partial charge is 0.506 e. The van der Waals surface area contributed by atoms with Gasteiger partial charge in [-0.3, -0.25) is 4.79 Å². The number of hydrogen-bond donors (Lipinski definition) is 3. The molecule has 25 heavy (non-hydrogen) atoms. The number of esters is 1. The maximum absolute atomic E-state index is 12.9. The highest BCUT2D eigenvalue weighted by Crippen LogP contribution is 2.37. The fourth-order valence-electron chi connectivity index (χ4n) is 1.97. The molecule has 0 atom stereocenters. The minimum Gasteiger partial charge on any atom is -0.506 e. The number of phenolic OH excluding ortho intramolecular Hbond substituents is 1. The van der Waals surface area contributed by atoms with Gasteiger partial charge in [0.2, 0.25) is 0 Å². The van der Waals surface area contributed by atoms with Gasteiger partial charge in [0.1, 0.15) is 12.3 Å². The van der Waals surface area contributed by atoms with Crippen molar-refractivity contribution in [3.8, 4) is 5.75 Å². The summed E-state index contributed by atoms with van der Waals surface area (Å²) in [7, 11) is 1.17. The van der Waals surface area contributed by atoms with E-state index in [1.807, 2.05) is 0 Å². The molecule has 0 saturated heterocycles. The van der Waals surface area contributed by atoms with Crippen LogP contribution in [0.2, 0.25) is 5.02 Å². The molecule has 0 radical (unpaired) electrons. The second-order valence-corrected chi connectivity index (χ2v) is 5.41. The van der Waals surface area contributed by atoms with Gasteiger partial charge in [0, 0.05) is 5.02 Å². The summed E-state index contributed by atoms with van der Waals surface area (Å²) in [6.07, 6.45) is -4.54. The van der Waals surface area contributed by atoms with Crippen LogP contribution in [0.1, 0.15) is 5.56 Å². The molecule has 9 heteroatoms. The van der Waals surface area contributed by atoms with E-state index in [0.29, 0.717) is 5.02 Å². The Morgan fingerprint density at radius 1 is 1.16 bits per heavy atom. The van der Waals surface area contributed by atoms with Crippen molar-refractivity contribution in [2.24, 2.45) is 0 Å². The number of carbonyl (C=O) groups excluding carboxylic acids is 1. The highest BCUT2D eigenvalue weighted by molar-refractivity contribution is 6.31. The van der Waals surface area contributed by atoms with Crippen molar-refractivity contribution in [3.63, 3.8) is 0 Å². The van der Waals surface area contributed by atoms with Crippen molar-refractivity contribution in [2.45, 2.75) is 6.18 Å². The molecule has 0 aliphatic carbocycles. The number of anilines is 3. The molecule has 2 aromatic rings. The van der Waals surface area contributed by atoms with Crippen LogP contribution in [0.5, 0.6) is 5.75 Å². The van der Waals surface area contributed by atoms with Gasteiger partial charge in [-0.25, -0.2) is 0 Å². The lowest BCUT2D eigenvalue weighted by Gasteiger charge is -2.17. The van der Waals surface area contributed by atoms with E-state index >= 15 is 0 Å². The summed E-state index contributed by atoms with van der Waals surface area (Å²) in [4.78, 5) is 11.3. The third-order valence-corrected chi connectivity index (χ3v) is 3.46. The summed E-state index contributed by atoms with van der Waals surface area (Å²) in [6, 6.07) is 7.14. The monoisotopic (exact) mass is 374 g/mol. The second kappa shape index (κ2) is 7.52. The Kier molecular flexibility index (Phi) is 5.63. The van der Waals surface area contributed by atoms with Gasteiger partial charge >= 0.3 is 12.1 Å². The van der Waals surface area contributed by atoms with Gasteiger partial charge in [-0.15, -0.1) is 0 Å². The van der Waals surface area contributed by atoms with Gasteiger partial charge in [0.25, 0.3) is 0 Å². The maximum Gasteiger partial charge on any atom is 0.416 e. The molecule has 0 heterocycles. The first-order valence-corrected chi connectivity index (χ1v) is 7.36. The first-order valence-electron chi connectivity index (χ1n) is 6.98. The van der Waals surface area contributed by atoms with Crippen molar-refractivity contribution in [1.29, 1.82) is 0 Å². The SMILES string of the molecule is COC(=O)CNc1cc(C(F)(F)F)ccc1Nc1cc(Cl)ccc1O. The molecular weight excluding hydrogens is 361 g/mol. The normalized spacial score (nSPS) is 11.1. The minimum atomic E-state index is -4.54. The van der Waals surface area contributed by atoms with Crippen LogP contribution < -0.4 is 10.6 Å². The smallest absolute Gasteiger partial charge is 0.416 e. The van der Waals surface area contributed by atoms with Crippen molar-refractivity contribution < 1.29 is 27.8 Å². The summed E-state index contributed by atoms with van der Waals surface area (Å²) in [5.41, 5.74) is -0.455. The van der Waals surface area contributed by atoms with E-state index in [4.69, 9.17) is 11.6 Å². The Hall–Kier alpha value is -2.61. The highest BCUT2D eigenvalue weighted by atomic mass is 35.5. The number of hydrogen-bond acceptors (Lipinski definition) is 5. The number of methoxy groups -OCH3 is 1. The highest BCUT2D eigenvalue weighted by Gasteiger charge is 2.31. The third-order valence-electron chi connectivity index (χ3n) is 3.23. The van der Waals surface area contributed by atoms with Crippen LogP contribution in [0.3, 0.4) is 0 Å². The Labute approximate surface area is 146 Å². The number of ether oxygens (including phenoxy) is 1. The van der Waals surface area contributed by atoms with Gasteiger partial charge in [-0.2, -0.15) is 13.2 Å². The van der Waals surface area contributed by atoms with Crippen LogP contribution in [0.4, 0.5) is 30.2 Å². The molecule has 5 nitrogen and oxygen atoms in total. The van der Waals surface area contributed by atoms with Gasteiger partial charge in [-0.1, -0.05) is 11.6 Å². The standard InChI is InChI=1S/C16H14ClF3N2O3/c1-25-15(24)8-21-12-6-9(16(18,19)20)2-4-11(12)22-13-7-10(17)3-5-14(13)23/h2-7,21-23H,8H2,1H3. The third kappa shape index (κ3) is 4.93. The molecular formula is C16H14ClF3N2O3. The molecule has 0 aromatic heterocycles. The zero-order valence-corrected chi connectivity index (χ0v) is 13.7. The molecule has 0 aliphatic heterocycles. The molecule has 0 bridgehead atoms. The summed E-state index contributed by atoms with van der Waals surface area (Å²) >= 11 is 5.85. The Bertz CT molecular complexity index is 782. The topological polar surface area (TPSA) is 70.6 Å². The second-order valence-electron chi connectivity index (χ2n) is 4.97. The molecule has 3 N–H and O–H groups in total. The Morgan fingerprint density at radius 3 is 2.52 bits per heavy atom. The number of halogens is 4. The van der Waals surface area contributed by atoms with Crippen molar-refractivity contribution in [3.05, 3.63) is 47.0 Å². The number of alkyl halides is 3. The first-order chi connectivity index (χ1) is 11.7.